The second-order valence-electron chi connectivity index (χ2n) is 5.95. The molecule has 0 atom stereocenters. The van der Waals surface area contributed by atoms with Crippen LogP contribution in [0.4, 0.5) is 15.8 Å². The van der Waals surface area contributed by atoms with Gasteiger partial charge < -0.3 is 15.5 Å². The summed E-state index contributed by atoms with van der Waals surface area (Å²) in [5.41, 5.74) is 1.90. The first-order valence-corrected chi connectivity index (χ1v) is 7.95. The Balaban J connectivity index is 2.25. The summed E-state index contributed by atoms with van der Waals surface area (Å²) in [4.78, 5) is 36.8. The van der Waals surface area contributed by atoms with Crippen LogP contribution in [-0.2, 0) is 16.1 Å². The minimum Gasteiger partial charge on any atom is -0.337 e. The van der Waals surface area contributed by atoms with Gasteiger partial charge in [-0.3, -0.25) is 14.4 Å². The molecule has 0 saturated carbocycles. The van der Waals surface area contributed by atoms with Gasteiger partial charge in [0.25, 0.3) is 5.91 Å². The number of benzene rings is 2. The second-order valence-corrected chi connectivity index (χ2v) is 5.95. The van der Waals surface area contributed by atoms with Gasteiger partial charge in [-0.1, -0.05) is 12.1 Å². The molecule has 3 amide bonds. The number of amides is 3. The molecule has 0 aliphatic carbocycles. The smallest absolute Gasteiger partial charge is 0.254 e. The van der Waals surface area contributed by atoms with Crippen molar-refractivity contribution in [1.82, 2.24) is 4.90 Å². The Kier molecular flexibility index (Phi) is 6.06. The lowest BCUT2D eigenvalue weighted by Crippen LogP contribution is -2.26. The van der Waals surface area contributed by atoms with E-state index < -0.39 is 0 Å². The van der Waals surface area contributed by atoms with Crippen LogP contribution in [0.15, 0.2) is 42.5 Å². The SMILES string of the molecule is CC(=O)Nc1cc(NC(C)=O)cc(C(=O)N(C)Cc2ccc(F)cc2)c1. The maximum Gasteiger partial charge on any atom is 0.254 e. The Morgan fingerprint density at radius 3 is 1.88 bits per heavy atom. The summed E-state index contributed by atoms with van der Waals surface area (Å²) >= 11 is 0. The van der Waals surface area contributed by atoms with Crippen molar-refractivity contribution >= 4 is 29.1 Å². The van der Waals surface area contributed by atoms with Gasteiger partial charge in [0.05, 0.1) is 0 Å². The molecule has 2 rings (SSSR count). The van der Waals surface area contributed by atoms with Gasteiger partial charge in [0, 0.05) is 44.4 Å². The van der Waals surface area contributed by atoms with Crippen LogP contribution in [0.2, 0.25) is 0 Å². The molecule has 136 valence electrons. The minimum atomic E-state index is -0.342. The molecule has 0 heterocycles. The van der Waals surface area contributed by atoms with Crippen molar-refractivity contribution in [3.05, 3.63) is 59.4 Å². The van der Waals surface area contributed by atoms with E-state index in [1.807, 2.05) is 0 Å². The zero-order valence-corrected chi connectivity index (χ0v) is 14.8. The predicted octanol–water partition coefficient (Wildman–Crippen LogP) is 3.01. The highest BCUT2D eigenvalue weighted by Crippen LogP contribution is 2.21. The fourth-order valence-electron chi connectivity index (χ4n) is 2.46. The normalized spacial score (nSPS) is 10.2. The highest BCUT2D eigenvalue weighted by atomic mass is 19.1. The van der Waals surface area contributed by atoms with Crippen molar-refractivity contribution in [2.24, 2.45) is 0 Å². The van der Waals surface area contributed by atoms with E-state index >= 15 is 0 Å². The lowest BCUT2D eigenvalue weighted by molar-refractivity contribution is -0.115. The van der Waals surface area contributed by atoms with E-state index in [9.17, 15) is 18.8 Å². The van der Waals surface area contributed by atoms with Crippen molar-refractivity contribution < 1.29 is 18.8 Å². The maximum atomic E-state index is 13.0. The molecule has 0 bridgehead atoms. The summed E-state index contributed by atoms with van der Waals surface area (Å²) < 4.78 is 13.0. The van der Waals surface area contributed by atoms with Crippen LogP contribution in [0.5, 0.6) is 0 Å². The summed E-state index contributed by atoms with van der Waals surface area (Å²) in [6, 6.07) is 10.5. The van der Waals surface area contributed by atoms with Gasteiger partial charge >= 0.3 is 0 Å². The first-order valence-electron chi connectivity index (χ1n) is 7.95. The topological polar surface area (TPSA) is 78.5 Å². The van der Waals surface area contributed by atoms with Gasteiger partial charge in [-0.25, -0.2) is 4.39 Å². The molecule has 0 aliphatic heterocycles. The molecular formula is C19H20FN3O3. The summed E-state index contributed by atoms with van der Waals surface area (Å²) in [5, 5.41) is 5.21. The highest BCUT2D eigenvalue weighted by molar-refractivity contribution is 5.99. The van der Waals surface area contributed by atoms with E-state index in [0.29, 0.717) is 23.5 Å². The van der Waals surface area contributed by atoms with E-state index in [-0.39, 0.29) is 23.5 Å². The molecule has 26 heavy (non-hydrogen) atoms. The molecule has 0 spiro atoms. The van der Waals surface area contributed by atoms with Gasteiger partial charge in [-0.15, -0.1) is 0 Å². The van der Waals surface area contributed by atoms with Crippen LogP contribution >= 0.6 is 0 Å². The molecule has 2 aromatic carbocycles. The molecule has 6 nitrogen and oxygen atoms in total. The molecular weight excluding hydrogens is 337 g/mol. The molecule has 2 N–H and O–H groups in total. The van der Waals surface area contributed by atoms with Crippen molar-refractivity contribution in [3.8, 4) is 0 Å². The Morgan fingerprint density at radius 2 is 1.42 bits per heavy atom. The molecule has 0 radical (unpaired) electrons. The van der Waals surface area contributed by atoms with Crippen LogP contribution in [0.3, 0.4) is 0 Å². The lowest BCUT2D eigenvalue weighted by atomic mass is 10.1. The largest absolute Gasteiger partial charge is 0.337 e. The summed E-state index contributed by atoms with van der Waals surface area (Å²) in [7, 11) is 1.62. The van der Waals surface area contributed by atoms with Crippen LogP contribution < -0.4 is 10.6 Å². The van der Waals surface area contributed by atoms with Gasteiger partial charge in [-0.05, 0) is 35.9 Å². The fraction of sp³-hybridized carbons (Fsp3) is 0.211. The highest BCUT2D eigenvalue weighted by Gasteiger charge is 2.15. The molecule has 2 aromatic rings. The molecule has 0 aromatic heterocycles. The number of nitrogens with one attached hydrogen (secondary N) is 2. The van der Waals surface area contributed by atoms with E-state index in [0.717, 1.165) is 5.56 Å². The second kappa shape index (κ2) is 8.24. The number of anilines is 2. The average molecular weight is 357 g/mol. The number of rotatable bonds is 5. The molecule has 7 heteroatoms. The lowest BCUT2D eigenvalue weighted by Gasteiger charge is -2.19. The van der Waals surface area contributed by atoms with Crippen LogP contribution in [0.1, 0.15) is 29.8 Å². The Labute approximate surface area is 151 Å². The van der Waals surface area contributed by atoms with Crippen LogP contribution in [-0.4, -0.2) is 29.7 Å². The van der Waals surface area contributed by atoms with Crippen molar-refractivity contribution in [3.63, 3.8) is 0 Å². The van der Waals surface area contributed by atoms with Crippen LogP contribution in [0.25, 0.3) is 0 Å². The zero-order chi connectivity index (χ0) is 19.3. The molecule has 0 saturated heterocycles. The number of carbonyl (C=O) groups is 3. The Hall–Kier alpha value is -3.22. The van der Waals surface area contributed by atoms with E-state index in [1.54, 1.807) is 25.2 Å². The number of carbonyl (C=O) groups excluding carboxylic acids is 3. The third-order valence-electron chi connectivity index (χ3n) is 3.50. The van der Waals surface area contributed by atoms with Crippen molar-refractivity contribution in [2.45, 2.75) is 20.4 Å². The Morgan fingerprint density at radius 1 is 0.923 bits per heavy atom. The summed E-state index contributed by atoms with van der Waals surface area (Å²) in [6.07, 6.45) is 0. The fourth-order valence-corrected chi connectivity index (χ4v) is 2.46. The van der Waals surface area contributed by atoms with Gasteiger partial charge in [-0.2, -0.15) is 0 Å². The zero-order valence-electron chi connectivity index (χ0n) is 14.8. The monoisotopic (exact) mass is 357 g/mol. The minimum absolute atomic E-state index is 0.289. The third kappa shape index (κ3) is 5.41. The molecule has 0 unspecified atom stereocenters. The third-order valence-corrected chi connectivity index (χ3v) is 3.50. The quantitative estimate of drug-likeness (QED) is 0.863. The van der Waals surface area contributed by atoms with Crippen molar-refractivity contribution in [1.29, 1.82) is 0 Å². The first-order chi connectivity index (χ1) is 12.2. The van der Waals surface area contributed by atoms with E-state index in [4.69, 9.17) is 0 Å². The first kappa shape index (κ1) is 19.1. The summed E-state index contributed by atoms with van der Waals surface area (Å²) in [6.45, 7) is 3.00. The number of halogens is 1. The van der Waals surface area contributed by atoms with E-state index in [1.165, 1.54) is 43.0 Å². The number of nitrogens with zero attached hydrogens (tertiary/aromatic N) is 1. The number of hydrogen-bond acceptors (Lipinski definition) is 3. The van der Waals surface area contributed by atoms with Crippen LogP contribution in [0, 0.1) is 5.82 Å². The molecule has 0 fully saturated rings. The standard InChI is InChI=1S/C19H20FN3O3/c1-12(24)21-17-8-15(9-18(10-17)22-13(2)25)19(26)23(3)11-14-4-6-16(20)7-5-14/h4-10H,11H2,1-3H3,(H,21,24)(H,22,25). The number of hydrogen-bond donors (Lipinski definition) is 2. The van der Waals surface area contributed by atoms with E-state index in [2.05, 4.69) is 10.6 Å². The Bertz CT molecular complexity index is 800. The molecule has 0 aliphatic rings. The van der Waals surface area contributed by atoms with Gasteiger partial charge in [0.2, 0.25) is 11.8 Å². The van der Waals surface area contributed by atoms with Gasteiger partial charge in [0.15, 0.2) is 0 Å². The maximum absolute atomic E-state index is 13.0. The summed E-state index contributed by atoms with van der Waals surface area (Å²) in [5.74, 6) is -1.22. The predicted molar refractivity (Wildman–Crippen MR) is 97.2 cm³/mol. The van der Waals surface area contributed by atoms with Gasteiger partial charge in [0.1, 0.15) is 5.82 Å². The van der Waals surface area contributed by atoms with Crippen molar-refractivity contribution in [2.75, 3.05) is 17.7 Å². The average Bonchev–Trinajstić information content (AvgIpc) is 2.54.